The van der Waals surface area contributed by atoms with Gasteiger partial charge in [0.15, 0.2) is 0 Å². The zero-order valence-corrected chi connectivity index (χ0v) is 8.57. The largest absolute Gasteiger partial charge is 0.366 e. The summed E-state index contributed by atoms with van der Waals surface area (Å²) < 4.78 is 0. The summed E-state index contributed by atoms with van der Waals surface area (Å²) in [5.41, 5.74) is 12.3. The standard InChI is InChI=1S/C8H16N2O.ClH/c1-4-6(9)7(5(2)3)8(10)11;/h6H,4,9H2,1-3H3,(H2,10,11);1H. The Balaban J connectivity index is 0. The molecule has 1 atom stereocenters. The number of hydrogen-bond acceptors (Lipinski definition) is 2. The molecular weight excluding hydrogens is 176 g/mol. The van der Waals surface area contributed by atoms with Crippen LogP contribution in [0.3, 0.4) is 0 Å². The molecule has 1 unspecified atom stereocenters. The Morgan fingerprint density at radius 1 is 1.42 bits per heavy atom. The summed E-state index contributed by atoms with van der Waals surface area (Å²) in [6.07, 6.45) is 0.740. The van der Waals surface area contributed by atoms with Crippen LogP contribution >= 0.6 is 12.4 Å². The van der Waals surface area contributed by atoms with Gasteiger partial charge in [0, 0.05) is 11.6 Å². The lowest BCUT2D eigenvalue weighted by atomic mass is 10.0. The molecule has 0 aliphatic rings. The van der Waals surface area contributed by atoms with E-state index in [1.165, 1.54) is 0 Å². The minimum Gasteiger partial charge on any atom is -0.366 e. The van der Waals surface area contributed by atoms with Crippen molar-refractivity contribution in [1.29, 1.82) is 0 Å². The number of primary amides is 1. The van der Waals surface area contributed by atoms with Gasteiger partial charge in [0.1, 0.15) is 0 Å². The van der Waals surface area contributed by atoms with Gasteiger partial charge in [0.25, 0.3) is 0 Å². The molecule has 72 valence electrons. The molecule has 0 heterocycles. The molecule has 1 amide bonds. The zero-order chi connectivity index (χ0) is 9.02. The Kier molecular flexibility index (Phi) is 7.04. The number of carbonyl (C=O) groups excluding carboxylic acids is 1. The fourth-order valence-electron chi connectivity index (χ4n) is 1.00. The molecule has 0 aliphatic carbocycles. The van der Waals surface area contributed by atoms with Crippen LogP contribution in [0.5, 0.6) is 0 Å². The van der Waals surface area contributed by atoms with E-state index in [9.17, 15) is 4.79 Å². The molecule has 0 aromatic carbocycles. The van der Waals surface area contributed by atoms with Crippen LogP contribution in [0.25, 0.3) is 0 Å². The summed E-state index contributed by atoms with van der Waals surface area (Å²) in [5.74, 6) is -0.403. The SMILES string of the molecule is CCC(N)C(C(N)=O)=C(C)C.Cl. The third-order valence-corrected chi connectivity index (χ3v) is 1.61. The van der Waals surface area contributed by atoms with Crippen molar-refractivity contribution >= 4 is 18.3 Å². The van der Waals surface area contributed by atoms with E-state index in [0.717, 1.165) is 12.0 Å². The summed E-state index contributed by atoms with van der Waals surface area (Å²) in [5, 5.41) is 0. The van der Waals surface area contributed by atoms with Crippen LogP contribution in [0.2, 0.25) is 0 Å². The first-order valence-corrected chi connectivity index (χ1v) is 3.73. The van der Waals surface area contributed by atoms with Crippen molar-refractivity contribution in [2.24, 2.45) is 11.5 Å². The lowest BCUT2D eigenvalue weighted by Gasteiger charge is -2.12. The molecule has 0 aromatic rings. The van der Waals surface area contributed by atoms with Gasteiger partial charge in [-0.1, -0.05) is 12.5 Å². The van der Waals surface area contributed by atoms with E-state index in [1.807, 2.05) is 20.8 Å². The average molecular weight is 193 g/mol. The summed E-state index contributed by atoms with van der Waals surface area (Å²) in [7, 11) is 0. The second-order valence-corrected chi connectivity index (χ2v) is 2.79. The Morgan fingerprint density at radius 3 is 1.92 bits per heavy atom. The fourth-order valence-corrected chi connectivity index (χ4v) is 1.00. The molecule has 0 spiro atoms. The van der Waals surface area contributed by atoms with E-state index in [2.05, 4.69) is 0 Å². The predicted octanol–water partition coefficient (Wildman–Crippen LogP) is 0.967. The molecule has 0 saturated heterocycles. The van der Waals surface area contributed by atoms with Gasteiger partial charge in [-0.2, -0.15) is 0 Å². The van der Waals surface area contributed by atoms with E-state index < -0.39 is 5.91 Å². The van der Waals surface area contributed by atoms with E-state index >= 15 is 0 Å². The van der Waals surface area contributed by atoms with Gasteiger partial charge < -0.3 is 11.5 Å². The number of halogens is 1. The first-order chi connectivity index (χ1) is 5.00. The van der Waals surface area contributed by atoms with Gasteiger partial charge in [-0.25, -0.2) is 0 Å². The average Bonchev–Trinajstić information content (AvgIpc) is 1.85. The molecule has 3 nitrogen and oxygen atoms in total. The monoisotopic (exact) mass is 192 g/mol. The molecule has 4 N–H and O–H groups in total. The van der Waals surface area contributed by atoms with Crippen LogP contribution in [-0.2, 0) is 4.79 Å². The molecule has 0 saturated carbocycles. The van der Waals surface area contributed by atoms with E-state index in [4.69, 9.17) is 11.5 Å². The first kappa shape index (κ1) is 14.0. The highest BCUT2D eigenvalue weighted by Gasteiger charge is 2.13. The topological polar surface area (TPSA) is 69.1 Å². The molecule has 0 aliphatic heterocycles. The Bertz CT molecular complexity index is 185. The highest BCUT2D eigenvalue weighted by Crippen LogP contribution is 2.08. The molecular formula is C8H17ClN2O. The molecule has 12 heavy (non-hydrogen) atoms. The third-order valence-electron chi connectivity index (χ3n) is 1.61. The van der Waals surface area contributed by atoms with Crippen molar-refractivity contribution in [2.75, 3.05) is 0 Å². The van der Waals surface area contributed by atoms with Crippen molar-refractivity contribution in [3.8, 4) is 0 Å². The number of rotatable bonds is 3. The Labute approximate surface area is 79.6 Å². The minimum atomic E-state index is -0.403. The van der Waals surface area contributed by atoms with E-state index in [0.29, 0.717) is 5.57 Å². The van der Waals surface area contributed by atoms with Gasteiger partial charge in [-0.15, -0.1) is 12.4 Å². The zero-order valence-electron chi connectivity index (χ0n) is 7.76. The Hall–Kier alpha value is -0.540. The number of nitrogens with two attached hydrogens (primary N) is 2. The minimum absolute atomic E-state index is 0. The fraction of sp³-hybridized carbons (Fsp3) is 0.625. The van der Waals surface area contributed by atoms with Gasteiger partial charge in [-0.05, 0) is 20.3 Å². The lowest BCUT2D eigenvalue weighted by Crippen LogP contribution is -2.31. The quantitative estimate of drug-likeness (QED) is 0.655. The van der Waals surface area contributed by atoms with Crippen molar-refractivity contribution in [3.05, 3.63) is 11.1 Å². The van der Waals surface area contributed by atoms with E-state index in [1.54, 1.807) is 0 Å². The van der Waals surface area contributed by atoms with E-state index in [-0.39, 0.29) is 18.4 Å². The maximum absolute atomic E-state index is 10.8. The second kappa shape index (κ2) is 6.03. The van der Waals surface area contributed by atoms with Crippen LogP contribution in [0.4, 0.5) is 0 Å². The van der Waals surface area contributed by atoms with Gasteiger partial charge in [-0.3, -0.25) is 4.79 Å². The molecule has 0 aromatic heterocycles. The maximum atomic E-state index is 10.8. The number of hydrogen-bond donors (Lipinski definition) is 2. The van der Waals surface area contributed by atoms with Crippen LogP contribution in [0, 0.1) is 0 Å². The number of carbonyl (C=O) groups is 1. The molecule has 0 radical (unpaired) electrons. The highest BCUT2D eigenvalue weighted by atomic mass is 35.5. The van der Waals surface area contributed by atoms with Crippen LogP contribution in [0.1, 0.15) is 27.2 Å². The van der Waals surface area contributed by atoms with Crippen LogP contribution < -0.4 is 11.5 Å². The Morgan fingerprint density at radius 2 is 1.83 bits per heavy atom. The van der Waals surface area contributed by atoms with Crippen LogP contribution in [-0.4, -0.2) is 11.9 Å². The summed E-state index contributed by atoms with van der Waals surface area (Å²) in [6.45, 7) is 5.61. The van der Waals surface area contributed by atoms with Crippen molar-refractivity contribution in [2.45, 2.75) is 33.2 Å². The number of allylic oxidation sites excluding steroid dienone is 1. The number of amides is 1. The van der Waals surface area contributed by atoms with Crippen molar-refractivity contribution < 1.29 is 4.79 Å². The predicted molar refractivity (Wildman–Crippen MR) is 53.1 cm³/mol. The molecule has 0 fully saturated rings. The smallest absolute Gasteiger partial charge is 0.246 e. The summed E-state index contributed by atoms with van der Waals surface area (Å²) in [4.78, 5) is 10.8. The first-order valence-electron chi connectivity index (χ1n) is 3.73. The van der Waals surface area contributed by atoms with Gasteiger partial charge in [0.05, 0.1) is 0 Å². The maximum Gasteiger partial charge on any atom is 0.246 e. The molecule has 0 bridgehead atoms. The summed E-state index contributed by atoms with van der Waals surface area (Å²) >= 11 is 0. The highest BCUT2D eigenvalue weighted by molar-refractivity contribution is 5.93. The van der Waals surface area contributed by atoms with Gasteiger partial charge >= 0.3 is 0 Å². The van der Waals surface area contributed by atoms with Crippen LogP contribution in [0.15, 0.2) is 11.1 Å². The van der Waals surface area contributed by atoms with Crippen molar-refractivity contribution in [1.82, 2.24) is 0 Å². The second-order valence-electron chi connectivity index (χ2n) is 2.79. The summed E-state index contributed by atoms with van der Waals surface area (Å²) in [6, 6.07) is -0.211. The van der Waals surface area contributed by atoms with Gasteiger partial charge in [0.2, 0.25) is 5.91 Å². The third kappa shape index (κ3) is 3.74. The molecule has 4 heteroatoms. The lowest BCUT2D eigenvalue weighted by molar-refractivity contribution is -0.114. The molecule has 0 rings (SSSR count). The normalized spacial score (nSPS) is 11.3. The van der Waals surface area contributed by atoms with Crippen molar-refractivity contribution in [3.63, 3.8) is 0 Å².